The van der Waals surface area contributed by atoms with E-state index in [9.17, 15) is 4.39 Å². The highest BCUT2D eigenvalue weighted by atomic mass is 19.1. The fourth-order valence-electron chi connectivity index (χ4n) is 1.58. The van der Waals surface area contributed by atoms with Crippen LogP contribution in [0.4, 0.5) is 15.9 Å². The molecular formula is C9H12FN3. The van der Waals surface area contributed by atoms with Gasteiger partial charge in [-0.2, -0.15) is 0 Å². The molecule has 0 radical (unpaired) electrons. The number of pyridine rings is 1. The highest BCUT2D eigenvalue weighted by molar-refractivity contribution is 5.62. The van der Waals surface area contributed by atoms with E-state index in [1.165, 1.54) is 0 Å². The van der Waals surface area contributed by atoms with Gasteiger partial charge in [0.05, 0.1) is 12.2 Å². The first-order chi connectivity index (χ1) is 6.27. The summed E-state index contributed by atoms with van der Waals surface area (Å²) < 4.78 is 12.9. The van der Waals surface area contributed by atoms with E-state index >= 15 is 0 Å². The van der Waals surface area contributed by atoms with E-state index in [0.29, 0.717) is 31.0 Å². The molecule has 0 spiro atoms. The molecule has 1 aliphatic heterocycles. The maximum atomic E-state index is 12.9. The molecule has 0 bridgehead atoms. The Labute approximate surface area is 76.4 Å². The average Bonchev–Trinajstić information content (AvgIpc) is 2.53. The molecule has 1 saturated heterocycles. The van der Waals surface area contributed by atoms with Crippen molar-refractivity contribution in [3.63, 3.8) is 0 Å². The summed E-state index contributed by atoms with van der Waals surface area (Å²) in [6, 6.07) is 3.57. The normalized spacial score (nSPS) is 22.2. The number of anilines is 2. The van der Waals surface area contributed by atoms with Crippen molar-refractivity contribution in [1.82, 2.24) is 4.98 Å². The highest BCUT2D eigenvalue weighted by Gasteiger charge is 2.23. The van der Waals surface area contributed by atoms with Crippen molar-refractivity contribution < 1.29 is 4.39 Å². The summed E-state index contributed by atoms with van der Waals surface area (Å²) in [4.78, 5) is 6.02. The Morgan fingerprint density at radius 3 is 3.08 bits per heavy atom. The lowest BCUT2D eigenvalue weighted by atomic mass is 10.3. The summed E-state index contributed by atoms with van der Waals surface area (Å²) in [6.45, 7) is 1.13. The van der Waals surface area contributed by atoms with E-state index in [1.54, 1.807) is 18.3 Å². The molecule has 1 fully saturated rings. The van der Waals surface area contributed by atoms with Crippen LogP contribution < -0.4 is 10.6 Å². The van der Waals surface area contributed by atoms with Crippen molar-refractivity contribution in [2.75, 3.05) is 23.7 Å². The molecule has 13 heavy (non-hydrogen) atoms. The molecule has 0 unspecified atom stereocenters. The summed E-state index contributed by atoms with van der Waals surface area (Å²) in [7, 11) is 0. The van der Waals surface area contributed by atoms with Crippen LogP contribution in [0.15, 0.2) is 18.3 Å². The van der Waals surface area contributed by atoms with Crippen molar-refractivity contribution >= 4 is 11.5 Å². The number of nitrogens with zero attached hydrogens (tertiary/aromatic N) is 2. The molecule has 1 aromatic heterocycles. The van der Waals surface area contributed by atoms with Crippen LogP contribution in [0.5, 0.6) is 0 Å². The molecule has 2 heterocycles. The molecule has 4 heteroatoms. The first-order valence-electron chi connectivity index (χ1n) is 4.37. The first-order valence-corrected chi connectivity index (χ1v) is 4.37. The van der Waals surface area contributed by atoms with Crippen molar-refractivity contribution in [3.8, 4) is 0 Å². The lowest BCUT2D eigenvalue weighted by molar-refractivity contribution is 0.364. The zero-order chi connectivity index (χ0) is 9.26. The van der Waals surface area contributed by atoms with Crippen LogP contribution in [0.1, 0.15) is 6.42 Å². The van der Waals surface area contributed by atoms with Crippen molar-refractivity contribution in [2.24, 2.45) is 0 Å². The Morgan fingerprint density at radius 2 is 2.46 bits per heavy atom. The van der Waals surface area contributed by atoms with Gasteiger partial charge in [0.15, 0.2) is 5.82 Å². The molecule has 2 N–H and O–H groups in total. The van der Waals surface area contributed by atoms with Gasteiger partial charge in [-0.25, -0.2) is 9.37 Å². The zero-order valence-electron chi connectivity index (χ0n) is 7.28. The molecule has 1 atom stereocenters. The van der Waals surface area contributed by atoms with E-state index in [2.05, 4.69) is 4.98 Å². The fraction of sp³-hybridized carbons (Fsp3) is 0.444. The molecule has 0 aliphatic carbocycles. The number of nitrogens with two attached hydrogens (primary N) is 1. The lowest BCUT2D eigenvalue weighted by Gasteiger charge is -2.17. The molecule has 1 aliphatic rings. The molecule has 2 rings (SSSR count). The molecule has 3 nitrogen and oxygen atoms in total. The Bertz CT molecular complexity index is 303. The minimum atomic E-state index is -0.735. The summed E-state index contributed by atoms with van der Waals surface area (Å²) >= 11 is 0. The van der Waals surface area contributed by atoms with Gasteiger partial charge in [-0.1, -0.05) is 0 Å². The van der Waals surface area contributed by atoms with Gasteiger partial charge >= 0.3 is 0 Å². The second-order valence-corrected chi connectivity index (χ2v) is 3.25. The van der Waals surface area contributed by atoms with Gasteiger partial charge in [-0.05, 0) is 18.6 Å². The molecule has 1 aromatic rings. The zero-order valence-corrected chi connectivity index (χ0v) is 7.28. The summed E-state index contributed by atoms with van der Waals surface area (Å²) in [6.07, 6.45) is 1.52. The van der Waals surface area contributed by atoms with Crippen LogP contribution in [0.25, 0.3) is 0 Å². The number of aromatic nitrogens is 1. The molecular weight excluding hydrogens is 169 g/mol. The standard InChI is InChI=1S/C9H12FN3/c10-7-3-5-13(6-7)9-8(11)2-1-4-12-9/h1-2,4,7H,3,5-6,11H2/t7-/m1/s1. The summed E-state index contributed by atoms with van der Waals surface area (Å²) in [5, 5.41) is 0. The predicted molar refractivity (Wildman–Crippen MR) is 50.4 cm³/mol. The summed E-state index contributed by atoms with van der Waals surface area (Å²) in [5.74, 6) is 0.711. The number of hydrogen-bond donors (Lipinski definition) is 1. The van der Waals surface area contributed by atoms with E-state index in [4.69, 9.17) is 5.73 Å². The molecule has 0 aromatic carbocycles. The van der Waals surface area contributed by atoms with Crippen molar-refractivity contribution in [3.05, 3.63) is 18.3 Å². The van der Waals surface area contributed by atoms with E-state index in [-0.39, 0.29) is 0 Å². The van der Waals surface area contributed by atoms with Crippen LogP contribution >= 0.6 is 0 Å². The molecule has 0 amide bonds. The third-order valence-corrected chi connectivity index (χ3v) is 2.25. The minimum Gasteiger partial charge on any atom is -0.396 e. The van der Waals surface area contributed by atoms with Crippen LogP contribution in [-0.4, -0.2) is 24.2 Å². The second kappa shape index (κ2) is 3.20. The van der Waals surface area contributed by atoms with Crippen molar-refractivity contribution in [2.45, 2.75) is 12.6 Å². The Kier molecular flexibility index (Phi) is 2.04. The first kappa shape index (κ1) is 8.29. The van der Waals surface area contributed by atoms with Crippen LogP contribution in [-0.2, 0) is 0 Å². The van der Waals surface area contributed by atoms with Gasteiger partial charge in [0.2, 0.25) is 0 Å². The molecule has 0 saturated carbocycles. The van der Waals surface area contributed by atoms with Gasteiger partial charge in [0.25, 0.3) is 0 Å². The smallest absolute Gasteiger partial charge is 0.151 e. The maximum Gasteiger partial charge on any atom is 0.151 e. The maximum absolute atomic E-state index is 12.9. The van der Waals surface area contributed by atoms with Gasteiger partial charge in [0.1, 0.15) is 6.17 Å². The van der Waals surface area contributed by atoms with E-state index < -0.39 is 6.17 Å². The number of alkyl halides is 1. The third kappa shape index (κ3) is 1.56. The molecule has 70 valence electrons. The quantitative estimate of drug-likeness (QED) is 0.708. The van der Waals surface area contributed by atoms with Crippen LogP contribution in [0, 0.1) is 0 Å². The van der Waals surface area contributed by atoms with E-state index in [1.807, 2.05) is 4.90 Å². The van der Waals surface area contributed by atoms with Gasteiger partial charge in [-0.3, -0.25) is 0 Å². The number of nitrogen functional groups attached to an aromatic ring is 1. The lowest BCUT2D eigenvalue weighted by Crippen LogP contribution is -2.22. The van der Waals surface area contributed by atoms with Gasteiger partial charge < -0.3 is 10.6 Å². The SMILES string of the molecule is Nc1cccnc1N1CC[C@@H](F)C1. The van der Waals surface area contributed by atoms with Gasteiger partial charge in [0, 0.05) is 12.7 Å². The largest absolute Gasteiger partial charge is 0.396 e. The number of rotatable bonds is 1. The second-order valence-electron chi connectivity index (χ2n) is 3.25. The fourth-order valence-corrected chi connectivity index (χ4v) is 1.58. The average molecular weight is 181 g/mol. The van der Waals surface area contributed by atoms with Gasteiger partial charge in [-0.15, -0.1) is 0 Å². The Hall–Kier alpha value is -1.32. The monoisotopic (exact) mass is 181 g/mol. The topological polar surface area (TPSA) is 42.1 Å². The Morgan fingerprint density at radius 1 is 1.62 bits per heavy atom. The minimum absolute atomic E-state index is 0.418. The summed E-state index contributed by atoms with van der Waals surface area (Å²) in [5.41, 5.74) is 6.34. The highest BCUT2D eigenvalue weighted by Crippen LogP contribution is 2.24. The van der Waals surface area contributed by atoms with E-state index in [0.717, 1.165) is 0 Å². The predicted octanol–water partition coefficient (Wildman–Crippen LogP) is 1.21. The van der Waals surface area contributed by atoms with Crippen LogP contribution in [0.2, 0.25) is 0 Å². The Balaban J connectivity index is 2.21. The number of hydrogen-bond acceptors (Lipinski definition) is 3. The third-order valence-electron chi connectivity index (χ3n) is 2.25. The van der Waals surface area contributed by atoms with Crippen LogP contribution in [0.3, 0.4) is 0 Å². The van der Waals surface area contributed by atoms with Crippen molar-refractivity contribution in [1.29, 1.82) is 0 Å². The number of halogens is 1.